The van der Waals surface area contributed by atoms with Crippen molar-refractivity contribution in [1.29, 1.82) is 0 Å². The summed E-state index contributed by atoms with van der Waals surface area (Å²) in [6.07, 6.45) is 3.01. The Bertz CT molecular complexity index is 946. The van der Waals surface area contributed by atoms with Gasteiger partial charge in [0.15, 0.2) is 0 Å². The normalized spacial score (nSPS) is 13.6. The van der Waals surface area contributed by atoms with Crippen molar-refractivity contribution in [3.8, 4) is 16.9 Å². The quantitative estimate of drug-likeness (QED) is 0.745. The highest BCUT2D eigenvalue weighted by Gasteiger charge is 2.21. The number of nitrogens with one attached hydrogen (secondary N) is 1. The van der Waals surface area contributed by atoms with Crippen LogP contribution in [-0.2, 0) is 6.42 Å². The lowest BCUT2D eigenvalue weighted by atomic mass is 10.0. The van der Waals surface area contributed by atoms with Crippen LogP contribution in [0.4, 0.5) is 10.2 Å². The number of hydrogen-bond acceptors (Lipinski definition) is 3. The van der Waals surface area contributed by atoms with Gasteiger partial charge in [-0.25, -0.2) is 13.9 Å². The van der Waals surface area contributed by atoms with E-state index in [1.807, 2.05) is 4.68 Å². The fourth-order valence-electron chi connectivity index (χ4n) is 3.27. The van der Waals surface area contributed by atoms with Gasteiger partial charge in [0.05, 0.1) is 16.9 Å². The highest BCUT2D eigenvalue weighted by molar-refractivity contribution is 5.87. The maximum absolute atomic E-state index is 13.3. The monoisotopic (exact) mass is 351 g/mol. The van der Waals surface area contributed by atoms with Crippen molar-refractivity contribution in [2.45, 2.75) is 19.3 Å². The summed E-state index contributed by atoms with van der Waals surface area (Å²) in [7, 11) is 0. The Hall–Kier alpha value is -3.15. The molecule has 0 aliphatic carbocycles. The Kier molecular flexibility index (Phi) is 4.16. The van der Waals surface area contributed by atoms with Crippen LogP contribution in [0.2, 0.25) is 0 Å². The number of anilines is 1. The molecule has 0 saturated heterocycles. The molecule has 1 aromatic heterocycles. The first-order valence-electron chi connectivity index (χ1n) is 8.59. The predicted molar refractivity (Wildman–Crippen MR) is 97.3 cm³/mol. The zero-order valence-electron chi connectivity index (χ0n) is 14.1. The van der Waals surface area contributed by atoms with Crippen LogP contribution in [0.25, 0.3) is 16.9 Å². The van der Waals surface area contributed by atoms with Crippen molar-refractivity contribution >= 4 is 11.8 Å². The molecule has 2 N–H and O–H groups in total. The summed E-state index contributed by atoms with van der Waals surface area (Å²) in [5, 5.41) is 17.3. The van der Waals surface area contributed by atoms with Crippen molar-refractivity contribution in [2.24, 2.45) is 0 Å². The minimum absolute atomic E-state index is 0.235. The molecule has 0 amide bonds. The minimum Gasteiger partial charge on any atom is -0.478 e. The molecule has 0 saturated carbocycles. The van der Waals surface area contributed by atoms with Gasteiger partial charge in [-0.05, 0) is 67.8 Å². The molecule has 0 atom stereocenters. The van der Waals surface area contributed by atoms with Gasteiger partial charge in [-0.2, -0.15) is 5.10 Å². The SMILES string of the molecule is O=C(O)c1ccc(-n2nc(-c3ccc(F)cc3)c3c2NCCCC3)cc1. The summed E-state index contributed by atoms with van der Waals surface area (Å²) in [4.78, 5) is 11.1. The van der Waals surface area contributed by atoms with Gasteiger partial charge in [0.1, 0.15) is 11.6 Å². The zero-order chi connectivity index (χ0) is 18.1. The highest BCUT2D eigenvalue weighted by atomic mass is 19.1. The number of carboxylic acid groups (broad SMARTS) is 1. The molecule has 1 aliphatic rings. The molecule has 132 valence electrons. The van der Waals surface area contributed by atoms with Crippen molar-refractivity contribution in [2.75, 3.05) is 11.9 Å². The molecule has 0 unspecified atom stereocenters. The predicted octanol–water partition coefficient (Wildman–Crippen LogP) is 4.12. The second-order valence-electron chi connectivity index (χ2n) is 6.33. The number of rotatable bonds is 3. The number of carbonyl (C=O) groups is 1. The van der Waals surface area contributed by atoms with Crippen molar-refractivity contribution in [1.82, 2.24) is 9.78 Å². The first-order chi connectivity index (χ1) is 12.6. The molecule has 2 heterocycles. The van der Waals surface area contributed by atoms with Crippen LogP contribution in [0.5, 0.6) is 0 Å². The third-order valence-electron chi connectivity index (χ3n) is 4.61. The van der Waals surface area contributed by atoms with Gasteiger partial charge in [0.2, 0.25) is 0 Å². The molecule has 0 radical (unpaired) electrons. The fraction of sp³-hybridized carbons (Fsp3) is 0.200. The number of halogens is 1. The lowest BCUT2D eigenvalue weighted by Gasteiger charge is -2.09. The third-order valence-corrected chi connectivity index (χ3v) is 4.61. The molecule has 4 rings (SSSR count). The maximum atomic E-state index is 13.3. The molecule has 3 aromatic rings. The Morgan fingerprint density at radius 1 is 1.08 bits per heavy atom. The summed E-state index contributed by atoms with van der Waals surface area (Å²) in [5.41, 5.74) is 3.83. The molecular weight excluding hydrogens is 333 g/mol. The summed E-state index contributed by atoms with van der Waals surface area (Å²) in [5.74, 6) is -0.312. The van der Waals surface area contributed by atoms with E-state index < -0.39 is 5.97 Å². The van der Waals surface area contributed by atoms with Crippen LogP contribution in [0.3, 0.4) is 0 Å². The van der Waals surface area contributed by atoms with E-state index in [1.165, 1.54) is 12.1 Å². The lowest BCUT2D eigenvalue weighted by Crippen LogP contribution is -2.07. The molecule has 6 heteroatoms. The number of fused-ring (bicyclic) bond motifs is 1. The number of benzene rings is 2. The molecule has 0 spiro atoms. The van der Waals surface area contributed by atoms with Crippen molar-refractivity contribution in [3.05, 3.63) is 65.5 Å². The van der Waals surface area contributed by atoms with E-state index >= 15 is 0 Å². The summed E-state index contributed by atoms with van der Waals surface area (Å²) in [6, 6.07) is 13.0. The minimum atomic E-state index is -0.957. The van der Waals surface area contributed by atoms with Crippen LogP contribution >= 0.6 is 0 Å². The van der Waals surface area contributed by atoms with Crippen LogP contribution in [-0.4, -0.2) is 27.4 Å². The van der Waals surface area contributed by atoms with E-state index in [4.69, 9.17) is 10.2 Å². The van der Waals surface area contributed by atoms with Gasteiger partial charge in [-0.1, -0.05) is 0 Å². The Morgan fingerprint density at radius 3 is 2.50 bits per heavy atom. The van der Waals surface area contributed by atoms with Crippen LogP contribution in [0.15, 0.2) is 48.5 Å². The molecule has 1 aliphatic heterocycles. The van der Waals surface area contributed by atoms with E-state index in [-0.39, 0.29) is 11.4 Å². The molecule has 0 bridgehead atoms. The highest BCUT2D eigenvalue weighted by Crippen LogP contribution is 2.34. The van der Waals surface area contributed by atoms with Gasteiger partial charge >= 0.3 is 5.97 Å². The van der Waals surface area contributed by atoms with E-state index in [1.54, 1.807) is 36.4 Å². The Morgan fingerprint density at radius 2 is 1.81 bits per heavy atom. The van der Waals surface area contributed by atoms with E-state index in [2.05, 4.69) is 5.32 Å². The van der Waals surface area contributed by atoms with Crippen molar-refractivity contribution < 1.29 is 14.3 Å². The van der Waals surface area contributed by atoms with Crippen molar-refractivity contribution in [3.63, 3.8) is 0 Å². The standard InChI is InChI=1S/C20H18FN3O2/c21-15-8-4-13(5-9-15)18-17-3-1-2-12-22-19(17)24(23-18)16-10-6-14(7-11-16)20(25)26/h4-11,22H,1-3,12H2,(H,25,26). The number of aromatic carboxylic acids is 1. The first-order valence-corrected chi connectivity index (χ1v) is 8.59. The second-order valence-corrected chi connectivity index (χ2v) is 6.33. The smallest absolute Gasteiger partial charge is 0.335 e. The summed E-state index contributed by atoms with van der Waals surface area (Å²) in [6.45, 7) is 0.856. The Labute approximate surface area is 150 Å². The molecule has 0 fully saturated rings. The number of aromatic nitrogens is 2. The van der Waals surface area contributed by atoms with Gasteiger partial charge < -0.3 is 10.4 Å². The number of carboxylic acids is 1. The van der Waals surface area contributed by atoms with Crippen LogP contribution in [0, 0.1) is 5.82 Å². The molecule has 2 aromatic carbocycles. The summed E-state index contributed by atoms with van der Waals surface area (Å²) >= 11 is 0. The number of nitrogens with zero attached hydrogens (tertiary/aromatic N) is 2. The van der Waals surface area contributed by atoms with E-state index in [0.29, 0.717) is 0 Å². The van der Waals surface area contributed by atoms with Gasteiger partial charge in [0.25, 0.3) is 0 Å². The lowest BCUT2D eigenvalue weighted by molar-refractivity contribution is 0.0697. The molecule has 26 heavy (non-hydrogen) atoms. The Balaban J connectivity index is 1.84. The van der Waals surface area contributed by atoms with Crippen LogP contribution in [0.1, 0.15) is 28.8 Å². The van der Waals surface area contributed by atoms with Crippen LogP contribution < -0.4 is 5.32 Å². The molecule has 5 nitrogen and oxygen atoms in total. The topological polar surface area (TPSA) is 67.1 Å². The molecular formula is C20H18FN3O2. The van der Waals surface area contributed by atoms with E-state index in [9.17, 15) is 9.18 Å². The van der Waals surface area contributed by atoms with Gasteiger partial charge in [-0.3, -0.25) is 0 Å². The fourth-order valence-corrected chi connectivity index (χ4v) is 3.27. The zero-order valence-corrected chi connectivity index (χ0v) is 14.1. The maximum Gasteiger partial charge on any atom is 0.335 e. The average Bonchev–Trinajstić information content (AvgIpc) is 2.84. The number of hydrogen-bond donors (Lipinski definition) is 2. The largest absolute Gasteiger partial charge is 0.478 e. The average molecular weight is 351 g/mol. The second kappa shape index (κ2) is 6.63. The third kappa shape index (κ3) is 2.94. The van der Waals surface area contributed by atoms with Gasteiger partial charge in [0, 0.05) is 17.7 Å². The summed E-state index contributed by atoms with van der Waals surface area (Å²) < 4.78 is 15.1. The first kappa shape index (κ1) is 16.3. The van der Waals surface area contributed by atoms with E-state index in [0.717, 1.165) is 54.1 Å². The van der Waals surface area contributed by atoms with Gasteiger partial charge in [-0.15, -0.1) is 0 Å².